The molecular formula is C14H17N3O2S. The highest BCUT2D eigenvalue weighted by molar-refractivity contribution is 7.99. The summed E-state index contributed by atoms with van der Waals surface area (Å²) in [6.45, 7) is 3.85. The zero-order chi connectivity index (χ0) is 14.5. The van der Waals surface area contributed by atoms with Crippen LogP contribution < -0.4 is 15.2 Å². The summed E-state index contributed by atoms with van der Waals surface area (Å²) in [6.07, 6.45) is 1.47. The first-order valence-corrected chi connectivity index (χ1v) is 7.01. The number of nitrogens with zero attached hydrogens (tertiary/aromatic N) is 2. The number of anilines is 1. The number of benzene rings is 1. The number of ether oxygens (including phenoxy) is 2. The number of rotatable bonds is 5. The molecule has 0 spiro atoms. The van der Waals surface area contributed by atoms with E-state index in [4.69, 9.17) is 15.2 Å². The lowest BCUT2D eigenvalue weighted by atomic mass is 10.3. The molecule has 0 atom stereocenters. The molecule has 106 valence electrons. The van der Waals surface area contributed by atoms with E-state index in [1.807, 2.05) is 38.1 Å². The van der Waals surface area contributed by atoms with Crippen molar-refractivity contribution in [3.63, 3.8) is 0 Å². The topological polar surface area (TPSA) is 70.3 Å². The molecule has 5 nitrogen and oxygen atoms in total. The number of hydrogen-bond acceptors (Lipinski definition) is 6. The fraction of sp³-hybridized carbons (Fsp3) is 0.286. The Hall–Kier alpha value is -1.95. The molecule has 6 heteroatoms. The van der Waals surface area contributed by atoms with Gasteiger partial charge in [0.15, 0.2) is 0 Å². The quantitative estimate of drug-likeness (QED) is 0.854. The second-order valence-corrected chi connectivity index (χ2v) is 5.41. The molecule has 20 heavy (non-hydrogen) atoms. The predicted octanol–water partition coefficient (Wildman–Crippen LogP) is 3.01. The molecule has 0 aliphatic rings. The molecular weight excluding hydrogens is 274 g/mol. The van der Waals surface area contributed by atoms with Crippen LogP contribution in [0.15, 0.2) is 40.5 Å². The molecule has 0 aliphatic carbocycles. The first kappa shape index (κ1) is 14.5. The average Bonchev–Trinajstić information content (AvgIpc) is 2.43. The molecule has 2 N–H and O–H groups in total. The van der Waals surface area contributed by atoms with E-state index < -0.39 is 0 Å². The van der Waals surface area contributed by atoms with Crippen LogP contribution in [-0.2, 0) is 0 Å². The summed E-state index contributed by atoms with van der Waals surface area (Å²) in [7, 11) is 1.64. The Morgan fingerprint density at radius 3 is 2.75 bits per heavy atom. The second kappa shape index (κ2) is 6.47. The smallest absolute Gasteiger partial charge is 0.241 e. The molecule has 0 saturated carbocycles. The predicted molar refractivity (Wildman–Crippen MR) is 79.3 cm³/mol. The van der Waals surface area contributed by atoms with E-state index in [1.54, 1.807) is 7.11 Å². The maximum absolute atomic E-state index is 6.05. The molecule has 1 heterocycles. The monoisotopic (exact) mass is 291 g/mol. The maximum Gasteiger partial charge on any atom is 0.241 e. The lowest BCUT2D eigenvalue weighted by Gasteiger charge is -2.12. The Morgan fingerprint density at radius 1 is 1.25 bits per heavy atom. The second-order valence-electron chi connectivity index (χ2n) is 4.35. The summed E-state index contributed by atoms with van der Waals surface area (Å²) in [6, 6.07) is 7.71. The zero-order valence-corrected chi connectivity index (χ0v) is 12.5. The Bertz CT molecular complexity index is 590. The van der Waals surface area contributed by atoms with Crippen molar-refractivity contribution in [3.8, 4) is 11.6 Å². The summed E-state index contributed by atoms with van der Waals surface area (Å²) in [5, 5.41) is 0.670. The van der Waals surface area contributed by atoms with Crippen LogP contribution in [0.3, 0.4) is 0 Å². The minimum Gasteiger partial charge on any atom is -0.497 e. The standard InChI is InChI=1S/C14H17N3O2S/c1-9(2)19-13-12(15)14(17-8-16-13)20-11-6-4-5-10(7-11)18-3/h4-9H,15H2,1-3H3. The summed E-state index contributed by atoms with van der Waals surface area (Å²) >= 11 is 1.45. The molecule has 0 saturated heterocycles. The minimum absolute atomic E-state index is 0.0156. The van der Waals surface area contributed by atoms with Gasteiger partial charge in [0.25, 0.3) is 0 Å². The van der Waals surface area contributed by atoms with Gasteiger partial charge in [0.2, 0.25) is 5.88 Å². The first-order valence-electron chi connectivity index (χ1n) is 6.19. The van der Waals surface area contributed by atoms with Crippen LogP contribution in [0.25, 0.3) is 0 Å². The van der Waals surface area contributed by atoms with E-state index in [0.717, 1.165) is 10.6 Å². The van der Waals surface area contributed by atoms with E-state index in [-0.39, 0.29) is 6.10 Å². The highest BCUT2D eigenvalue weighted by Gasteiger charge is 2.12. The van der Waals surface area contributed by atoms with Gasteiger partial charge in [0.05, 0.1) is 13.2 Å². The molecule has 1 aromatic heterocycles. The summed E-state index contributed by atoms with van der Waals surface area (Å²) in [5.41, 5.74) is 6.50. The van der Waals surface area contributed by atoms with Crippen molar-refractivity contribution >= 4 is 17.4 Å². The van der Waals surface area contributed by atoms with Crippen molar-refractivity contribution in [1.29, 1.82) is 0 Å². The SMILES string of the molecule is COc1cccc(Sc2ncnc(OC(C)C)c2N)c1. The number of nitrogens with two attached hydrogens (primary N) is 1. The van der Waals surface area contributed by atoms with Crippen molar-refractivity contribution in [3.05, 3.63) is 30.6 Å². The normalized spacial score (nSPS) is 10.6. The van der Waals surface area contributed by atoms with Crippen LogP contribution in [0.5, 0.6) is 11.6 Å². The van der Waals surface area contributed by atoms with Crippen molar-refractivity contribution in [2.75, 3.05) is 12.8 Å². The molecule has 0 aliphatic heterocycles. The Labute approximate surface area is 122 Å². The van der Waals surface area contributed by atoms with Gasteiger partial charge >= 0.3 is 0 Å². The summed E-state index contributed by atoms with van der Waals surface area (Å²) in [5.74, 6) is 1.21. The van der Waals surface area contributed by atoms with Gasteiger partial charge in [0.1, 0.15) is 22.8 Å². The van der Waals surface area contributed by atoms with E-state index in [9.17, 15) is 0 Å². The minimum atomic E-state index is 0.0156. The third kappa shape index (κ3) is 3.54. The largest absolute Gasteiger partial charge is 0.497 e. The van der Waals surface area contributed by atoms with Crippen LogP contribution in [-0.4, -0.2) is 23.2 Å². The van der Waals surface area contributed by atoms with Crippen molar-refractivity contribution < 1.29 is 9.47 Å². The van der Waals surface area contributed by atoms with Gasteiger partial charge in [-0.3, -0.25) is 0 Å². The molecule has 0 bridgehead atoms. The Kier molecular flexibility index (Phi) is 4.68. The van der Waals surface area contributed by atoms with E-state index in [2.05, 4.69) is 9.97 Å². The third-order valence-electron chi connectivity index (χ3n) is 2.41. The van der Waals surface area contributed by atoms with Crippen molar-refractivity contribution in [2.24, 2.45) is 0 Å². The Morgan fingerprint density at radius 2 is 2.05 bits per heavy atom. The van der Waals surface area contributed by atoms with Gasteiger partial charge < -0.3 is 15.2 Å². The molecule has 2 rings (SSSR count). The average molecular weight is 291 g/mol. The van der Waals surface area contributed by atoms with Crippen LogP contribution in [0.1, 0.15) is 13.8 Å². The van der Waals surface area contributed by atoms with E-state index >= 15 is 0 Å². The molecule has 1 aromatic carbocycles. The number of aromatic nitrogens is 2. The van der Waals surface area contributed by atoms with Gasteiger partial charge in [-0.2, -0.15) is 4.98 Å². The number of nitrogen functional groups attached to an aromatic ring is 1. The fourth-order valence-corrected chi connectivity index (χ4v) is 2.38. The van der Waals surface area contributed by atoms with Gasteiger partial charge in [-0.15, -0.1) is 0 Å². The van der Waals surface area contributed by atoms with Gasteiger partial charge in [-0.1, -0.05) is 17.8 Å². The third-order valence-corrected chi connectivity index (χ3v) is 3.42. The zero-order valence-electron chi connectivity index (χ0n) is 11.7. The molecule has 0 amide bonds. The molecule has 0 radical (unpaired) electrons. The van der Waals surface area contributed by atoms with Gasteiger partial charge in [-0.25, -0.2) is 4.98 Å². The van der Waals surface area contributed by atoms with Crippen LogP contribution >= 0.6 is 11.8 Å². The van der Waals surface area contributed by atoms with E-state index in [1.165, 1.54) is 18.1 Å². The summed E-state index contributed by atoms with van der Waals surface area (Å²) < 4.78 is 10.8. The lowest BCUT2D eigenvalue weighted by Crippen LogP contribution is -2.09. The molecule has 0 fully saturated rings. The fourth-order valence-electron chi connectivity index (χ4n) is 1.54. The first-order chi connectivity index (χ1) is 9.60. The van der Waals surface area contributed by atoms with Crippen LogP contribution in [0.2, 0.25) is 0 Å². The van der Waals surface area contributed by atoms with Crippen LogP contribution in [0, 0.1) is 0 Å². The van der Waals surface area contributed by atoms with Gasteiger partial charge in [0, 0.05) is 4.90 Å². The lowest BCUT2D eigenvalue weighted by molar-refractivity contribution is 0.233. The van der Waals surface area contributed by atoms with Crippen molar-refractivity contribution in [2.45, 2.75) is 29.9 Å². The molecule has 2 aromatic rings. The number of methoxy groups -OCH3 is 1. The summed E-state index contributed by atoms with van der Waals surface area (Å²) in [4.78, 5) is 9.25. The Balaban J connectivity index is 2.24. The van der Waals surface area contributed by atoms with Crippen molar-refractivity contribution in [1.82, 2.24) is 9.97 Å². The maximum atomic E-state index is 6.05. The highest BCUT2D eigenvalue weighted by Crippen LogP contribution is 2.35. The highest BCUT2D eigenvalue weighted by atomic mass is 32.2. The van der Waals surface area contributed by atoms with Gasteiger partial charge in [-0.05, 0) is 32.0 Å². The van der Waals surface area contributed by atoms with E-state index in [0.29, 0.717) is 16.6 Å². The number of hydrogen-bond donors (Lipinski definition) is 1. The van der Waals surface area contributed by atoms with Crippen LogP contribution in [0.4, 0.5) is 5.69 Å². The molecule has 0 unspecified atom stereocenters.